The fourth-order valence-corrected chi connectivity index (χ4v) is 2.49. The summed E-state index contributed by atoms with van der Waals surface area (Å²) in [5.41, 5.74) is 1.42. The maximum Gasteiger partial charge on any atom is 0.256 e. The monoisotopic (exact) mass is 278 g/mol. The number of hydrogen-bond acceptors (Lipinski definition) is 5. The molecule has 6 nitrogen and oxygen atoms in total. The van der Waals surface area contributed by atoms with Crippen LogP contribution >= 0.6 is 0 Å². The molecule has 6 heteroatoms. The molecule has 2 rings (SSSR count). The van der Waals surface area contributed by atoms with Crippen LogP contribution in [0.15, 0.2) is 18.5 Å². The predicted molar refractivity (Wildman–Crippen MR) is 77.8 cm³/mol. The van der Waals surface area contributed by atoms with Crippen molar-refractivity contribution in [2.75, 3.05) is 51.7 Å². The highest BCUT2D eigenvalue weighted by Crippen LogP contribution is 2.16. The van der Waals surface area contributed by atoms with Gasteiger partial charge >= 0.3 is 0 Å². The molecule has 0 saturated carbocycles. The van der Waals surface area contributed by atoms with E-state index in [4.69, 9.17) is 5.11 Å². The van der Waals surface area contributed by atoms with E-state index in [2.05, 4.69) is 15.2 Å². The highest BCUT2D eigenvalue weighted by molar-refractivity contribution is 5.99. The number of nitrogens with one attached hydrogen (secondary N) is 1. The molecule has 1 aromatic heterocycles. The summed E-state index contributed by atoms with van der Waals surface area (Å²) in [6.07, 6.45) is 4.25. The van der Waals surface area contributed by atoms with Crippen LogP contribution in [0, 0.1) is 0 Å². The summed E-state index contributed by atoms with van der Waals surface area (Å²) < 4.78 is 0. The Bertz CT molecular complexity index is 453. The Morgan fingerprint density at radius 2 is 2.25 bits per heavy atom. The summed E-state index contributed by atoms with van der Waals surface area (Å²) in [7, 11) is 1.79. The van der Waals surface area contributed by atoms with Gasteiger partial charge in [0.05, 0.1) is 24.1 Å². The molecule has 0 aliphatic carbocycles. The molecule has 2 heterocycles. The quantitative estimate of drug-likeness (QED) is 0.827. The topological polar surface area (TPSA) is 68.7 Å². The molecule has 1 saturated heterocycles. The highest BCUT2D eigenvalue weighted by atomic mass is 16.3. The first-order valence-electron chi connectivity index (χ1n) is 7.00. The van der Waals surface area contributed by atoms with Crippen molar-refractivity contribution in [1.82, 2.24) is 14.8 Å². The van der Waals surface area contributed by atoms with Gasteiger partial charge in [-0.05, 0) is 19.0 Å². The molecule has 1 aromatic rings. The van der Waals surface area contributed by atoms with Crippen molar-refractivity contribution in [1.29, 1.82) is 0 Å². The number of aliphatic hydroxyl groups excluding tert-OH is 1. The molecule has 1 aliphatic heterocycles. The average Bonchev–Trinajstić information content (AvgIpc) is 2.72. The SMILES string of the molecule is CNc1cnccc1C(=O)N1CCCN(CCO)CC1. The lowest BCUT2D eigenvalue weighted by atomic mass is 10.2. The van der Waals surface area contributed by atoms with E-state index >= 15 is 0 Å². The Morgan fingerprint density at radius 1 is 1.40 bits per heavy atom. The van der Waals surface area contributed by atoms with Gasteiger partial charge in [-0.15, -0.1) is 0 Å². The molecule has 110 valence electrons. The lowest BCUT2D eigenvalue weighted by molar-refractivity contribution is 0.0761. The van der Waals surface area contributed by atoms with Gasteiger partial charge in [0.1, 0.15) is 0 Å². The molecule has 1 amide bonds. The van der Waals surface area contributed by atoms with E-state index in [0.29, 0.717) is 18.7 Å². The minimum Gasteiger partial charge on any atom is -0.395 e. The summed E-state index contributed by atoms with van der Waals surface area (Å²) >= 11 is 0. The van der Waals surface area contributed by atoms with Crippen LogP contribution in [0.5, 0.6) is 0 Å². The van der Waals surface area contributed by atoms with Crippen LogP contribution in [0.3, 0.4) is 0 Å². The predicted octanol–water partition coefficient (Wildman–Crippen LogP) is 0.263. The van der Waals surface area contributed by atoms with E-state index in [9.17, 15) is 4.79 Å². The fourth-order valence-electron chi connectivity index (χ4n) is 2.49. The summed E-state index contributed by atoms with van der Waals surface area (Å²) in [6, 6.07) is 1.75. The van der Waals surface area contributed by atoms with Crippen molar-refractivity contribution >= 4 is 11.6 Å². The largest absolute Gasteiger partial charge is 0.395 e. The van der Waals surface area contributed by atoms with Gasteiger partial charge in [-0.1, -0.05) is 0 Å². The second-order valence-corrected chi connectivity index (χ2v) is 4.88. The van der Waals surface area contributed by atoms with E-state index in [1.165, 1.54) is 0 Å². The summed E-state index contributed by atoms with van der Waals surface area (Å²) in [5, 5.41) is 12.0. The van der Waals surface area contributed by atoms with Crippen LogP contribution in [0.1, 0.15) is 16.8 Å². The summed E-state index contributed by atoms with van der Waals surface area (Å²) in [5.74, 6) is 0.0441. The number of pyridine rings is 1. The fraction of sp³-hybridized carbons (Fsp3) is 0.571. The molecule has 0 unspecified atom stereocenters. The average molecular weight is 278 g/mol. The van der Waals surface area contributed by atoms with Crippen molar-refractivity contribution < 1.29 is 9.90 Å². The Morgan fingerprint density at radius 3 is 3.00 bits per heavy atom. The van der Waals surface area contributed by atoms with Gasteiger partial charge in [-0.2, -0.15) is 0 Å². The lowest BCUT2D eigenvalue weighted by Crippen LogP contribution is -2.36. The molecule has 20 heavy (non-hydrogen) atoms. The second-order valence-electron chi connectivity index (χ2n) is 4.88. The number of nitrogens with zero attached hydrogens (tertiary/aromatic N) is 3. The number of aromatic nitrogens is 1. The van der Waals surface area contributed by atoms with Crippen LogP contribution in [-0.2, 0) is 0 Å². The standard InChI is InChI=1S/C14H22N4O2/c1-15-13-11-16-4-3-12(13)14(20)18-6-2-5-17(7-8-18)9-10-19/h3-4,11,15,19H,2,5-10H2,1H3. The van der Waals surface area contributed by atoms with Gasteiger partial charge in [0, 0.05) is 39.4 Å². The number of carbonyl (C=O) groups excluding carboxylic acids is 1. The maximum absolute atomic E-state index is 12.6. The minimum atomic E-state index is 0.0441. The molecular weight excluding hydrogens is 256 g/mol. The molecular formula is C14H22N4O2. The molecule has 0 radical (unpaired) electrons. The van der Waals surface area contributed by atoms with Crippen LogP contribution in [0.25, 0.3) is 0 Å². The molecule has 0 bridgehead atoms. The Hall–Kier alpha value is -1.66. The van der Waals surface area contributed by atoms with Crippen molar-refractivity contribution in [2.24, 2.45) is 0 Å². The van der Waals surface area contributed by atoms with Gasteiger partial charge in [-0.25, -0.2) is 0 Å². The smallest absolute Gasteiger partial charge is 0.256 e. The Labute approximate surface area is 119 Å². The van der Waals surface area contributed by atoms with E-state index in [1.54, 1.807) is 25.5 Å². The first kappa shape index (κ1) is 14.7. The summed E-state index contributed by atoms with van der Waals surface area (Å²) in [4.78, 5) is 20.7. The third kappa shape index (κ3) is 3.46. The van der Waals surface area contributed by atoms with E-state index in [-0.39, 0.29) is 12.5 Å². The van der Waals surface area contributed by atoms with Gasteiger partial charge < -0.3 is 15.3 Å². The van der Waals surface area contributed by atoms with E-state index < -0.39 is 0 Å². The zero-order valence-corrected chi connectivity index (χ0v) is 11.9. The molecule has 1 fully saturated rings. The number of aliphatic hydroxyl groups is 1. The van der Waals surface area contributed by atoms with Crippen LogP contribution < -0.4 is 5.32 Å². The first-order chi connectivity index (χ1) is 9.76. The van der Waals surface area contributed by atoms with Gasteiger partial charge in [0.25, 0.3) is 5.91 Å². The molecule has 0 spiro atoms. The molecule has 2 N–H and O–H groups in total. The third-order valence-corrected chi connectivity index (χ3v) is 3.61. The molecule has 1 aliphatic rings. The number of amides is 1. The van der Waals surface area contributed by atoms with E-state index in [0.717, 1.165) is 31.7 Å². The number of rotatable bonds is 4. The number of anilines is 1. The Balaban J connectivity index is 2.05. The Kier molecular flexibility index (Phi) is 5.31. The van der Waals surface area contributed by atoms with Crippen LogP contribution in [0.2, 0.25) is 0 Å². The van der Waals surface area contributed by atoms with Gasteiger partial charge in [-0.3, -0.25) is 14.7 Å². The molecule has 0 aromatic carbocycles. The van der Waals surface area contributed by atoms with Crippen LogP contribution in [-0.4, -0.2) is 72.2 Å². The number of hydrogen-bond donors (Lipinski definition) is 2. The lowest BCUT2D eigenvalue weighted by Gasteiger charge is -2.22. The van der Waals surface area contributed by atoms with Crippen molar-refractivity contribution in [3.63, 3.8) is 0 Å². The first-order valence-corrected chi connectivity index (χ1v) is 7.00. The second kappa shape index (κ2) is 7.21. The number of β-amino-alcohol motifs (C(OH)–C–C–N with tert-alkyl or cyclic N) is 1. The highest BCUT2D eigenvalue weighted by Gasteiger charge is 2.21. The van der Waals surface area contributed by atoms with Gasteiger partial charge in [0.2, 0.25) is 0 Å². The summed E-state index contributed by atoms with van der Waals surface area (Å²) in [6.45, 7) is 4.05. The van der Waals surface area contributed by atoms with Crippen LogP contribution in [0.4, 0.5) is 5.69 Å². The molecule has 0 atom stereocenters. The normalized spacial score (nSPS) is 16.8. The van der Waals surface area contributed by atoms with Crippen molar-refractivity contribution in [3.8, 4) is 0 Å². The third-order valence-electron chi connectivity index (χ3n) is 3.61. The van der Waals surface area contributed by atoms with E-state index in [1.807, 2.05) is 4.90 Å². The zero-order chi connectivity index (χ0) is 14.4. The maximum atomic E-state index is 12.6. The zero-order valence-electron chi connectivity index (χ0n) is 11.9. The van der Waals surface area contributed by atoms with Crippen molar-refractivity contribution in [2.45, 2.75) is 6.42 Å². The van der Waals surface area contributed by atoms with Crippen molar-refractivity contribution in [3.05, 3.63) is 24.0 Å². The number of carbonyl (C=O) groups is 1. The van der Waals surface area contributed by atoms with Gasteiger partial charge in [0.15, 0.2) is 0 Å². The minimum absolute atomic E-state index is 0.0441.